The molecule has 1 aromatic rings. The average molecular weight is 228 g/mol. The summed E-state index contributed by atoms with van der Waals surface area (Å²) in [5.74, 6) is -0.992. The molecule has 1 saturated carbocycles. The van der Waals surface area contributed by atoms with Crippen molar-refractivity contribution in [1.29, 1.82) is 0 Å². The second-order valence-corrected chi connectivity index (χ2v) is 3.50. The van der Waals surface area contributed by atoms with Gasteiger partial charge in [-0.25, -0.2) is 8.78 Å². The molecule has 2 rings (SSSR count). The molecule has 0 heterocycles. The predicted molar refractivity (Wildman–Crippen MR) is 56.0 cm³/mol. The maximum absolute atomic E-state index is 12.6. The summed E-state index contributed by atoms with van der Waals surface area (Å²) in [5.41, 5.74) is 0.934. The molecule has 0 unspecified atom stereocenters. The Labute approximate surface area is 93.2 Å². The van der Waals surface area contributed by atoms with Crippen LogP contribution in [0.1, 0.15) is 31.2 Å². The monoisotopic (exact) mass is 228 g/mol. The molecule has 0 N–H and O–H groups in total. The predicted octanol–water partition coefficient (Wildman–Crippen LogP) is 3.02. The molecule has 0 radical (unpaired) electrons. The van der Waals surface area contributed by atoms with Crippen LogP contribution in [-0.4, -0.2) is 13.1 Å². The van der Waals surface area contributed by atoms with Gasteiger partial charge in [-0.2, -0.15) is 0 Å². The maximum atomic E-state index is 12.6. The highest BCUT2D eigenvalue weighted by Gasteiger charge is 2.24. The van der Waals surface area contributed by atoms with Crippen LogP contribution in [0.3, 0.4) is 0 Å². The molecule has 0 spiro atoms. The van der Waals surface area contributed by atoms with Crippen molar-refractivity contribution in [3.8, 4) is 0 Å². The summed E-state index contributed by atoms with van der Waals surface area (Å²) in [5, 5.41) is 0. The number of carbonyl (C=O) groups excluding carboxylic acids is 1. The van der Waals surface area contributed by atoms with E-state index in [1.165, 1.54) is 12.1 Å². The second-order valence-electron chi connectivity index (χ2n) is 3.50. The first-order valence-corrected chi connectivity index (χ1v) is 5.19. The molecule has 0 bridgehead atoms. The first-order valence-electron chi connectivity index (χ1n) is 5.19. The Morgan fingerprint density at radius 2 is 2.06 bits per heavy atom. The second kappa shape index (κ2) is 6.20. The van der Waals surface area contributed by atoms with Gasteiger partial charge in [0.15, 0.2) is 11.6 Å². The van der Waals surface area contributed by atoms with E-state index in [9.17, 15) is 13.6 Å². The Bertz CT molecular complexity index is 349. The summed E-state index contributed by atoms with van der Waals surface area (Å²) in [6.07, 6.45) is 2.23. The van der Waals surface area contributed by atoms with Crippen molar-refractivity contribution in [2.45, 2.75) is 25.7 Å². The lowest BCUT2D eigenvalue weighted by atomic mass is 10.1. The normalized spacial score (nSPS) is 13.7. The van der Waals surface area contributed by atoms with E-state index in [2.05, 4.69) is 4.74 Å². The van der Waals surface area contributed by atoms with E-state index < -0.39 is 11.6 Å². The summed E-state index contributed by atoms with van der Waals surface area (Å²) in [4.78, 5) is 9.18. The van der Waals surface area contributed by atoms with E-state index in [1.807, 2.05) is 0 Å². The molecule has 1 aromatic carbocycles. The highest BCUT2D eigenvalue weighted by molar-refractivity contribution is 5.36. The van der Waals surface area contributed by atoms with E-state index in [0.29, 0.717) is 19.0 Å². The lowest BCUT2D eigenvalue weighted by Gasteiger charge is -1.97. The molecule has 2 nitrogen and oxygen atoms in total. The first-order chi connectivity index (χ1) is 7.69. The number of hydrogen-bond donors (Lipinski definition) is 0. The van der Waals surface area contributed by atoms with E-state index in [4.69, 9.17) is 0 Å². The summed E-state index contributed by atoms with van der Waals surface area (Å²) in [7, 11) is 0. The zero-order chi connectivity index (χ0) is 12.0. The number of ether oxygens (including phenoxy) is 1. The van der Waals surface area contributed by atoms with Gasteiger partial charge in [-0.15, -0.1) is 0 Å². The number of hydrogen-bond acceptors (Lipinski definition) is 2. The fraction of sp³-hybridized carbons (Fsp3) is 0.417. The van der Waals surface area contributed by atoms with Crippen molar-refractivity contribution < 1.29 is 18.3 Å². The van der Waals surface area contributed by atoms with Crippen molar-refractivity contribution in [3.05, 3.63) is 35.4 Å². The summed E-state index contributed by atoms with van der Waals surface area (Å²) in [6.45, 7) is 2.66. The van der Waals surface area contributed by atoms with Crippen LogP contribution in [0.5, 0.6) is 0 Å². The van der Waals surface area contributed by atoms with Crippen molar-refractivity contribution in [2.75, 3.05) is 6.61 Å². The molecule has 16 heavy (non-hydrogen) atoms. The van der Waals surface area contributed by atoms with Crippen molar-refractivity contribution in [1.82, 2.24) is 0 Å². The minimum atomic E-state index is -0.755. The van der Waals surface area contributed by atoms with Gasteiger partial charge in [-0.1, -0.05) is 6.07 Å². The van der Waals surface area contributed by atoms with Crippen molar-refractivity contribution in [2.24, 2.45) is 0 Å². The molecule has 1 aliphatic carbocycles. The molecule has 0 atom stereocenters. The van der Waals surface area contributed by atoms with Gasteiger partial charge in [-0.3, -0.25) is 4.79 Å². The van der Waals surface area contributed by atoms with E-state index >= 15 is 0 Å². The van der Waals surface area contributed by atoms with E-state index in [-0.39, 0.29) is 0 Å². The number of carbonyl (C=O) groups is 1. The minimum Gasteiger partial charge on any atom is -0.468 e. The molecule has 88 valence electrons. The van der Waals surface area contributed by atoms with Gasteiger partial charge < -0.3 is 4.74 Å². The third-order valence-corrected chi connectivity index (χ3v) is 2.23. The van der Waals surface area contributed by atoms with Crippen LogP contribution in [0, 0.1) is 11.6 Å². The van der Waals surface area contributed by atoms with Crippen LogP contribution in [0.25, 0.3) is 0 Å². The van der Waals surface area contributed by atoms with Crippen molar-refractivity contribution >= 4 is 6.47 Å². The summed E-state index contributed by atoms with van der Waals surface area (Å²) < 4.78 is 29.2. The lowest BCUT2D eigenvalue weighted by Crippen LogP contribution is -1.86. The SMILES string of the molecule is CCOC=O.Fc1ccc(C2CC2)cc1F. The quantitative estimate of drug-likeness (QED) is 0.743. The Hall–Kier alpha value is -1.45. The van der Waals surface area contributed by atoms with Gasteiger partial charge in [0.05, 0.1) is 6.61 Å². The van der Waals surface area contributed by atoms with Gasteiger partial charge in [0.2, 0.25) is 0 Å². The van der Waals surface area contributed by atoms with Gasteiger partial charge in [-0.05, 0) is 43.4 Å². The topological polar surface area (TPSA) is 26.3 Å². The van der Waals surface area contributed by atoms with E-state index in [0.717, 1.165) is 18.4 Å². The molecular weight excluding hydrogens is 214 g/mol. The standard InChI is InChI=1S/C9H8F2.C3H6O2/c10-8-4-3-7(5-9(8)11)6-1-2-6;1-2-5-3-4/h3-6H,1-2H2;3H,2H2,1H3. The van der Waals surface area contributed by atoms with Gasteiger partial charge in [0.25, 0.3) is 6.47 Å². The van der Waals surface area contributed by atoms with Gasteiger partial charge in [0, 0.05) is 0 Å². The summed E-state index contributed by atoms with van der Waals surface area (Å²) in [6, 6.07) is 4.16. The van der Waals surface area contributed by atoms with Crippen molar-refractivity contribution in [3.63, 3.8) is 0 Å². The van der Waals surface area contributed by atoms with Gasteiger partial charge in [0.1, 0.15) is 0 Å². The zero-order valence-electron chi connectivity index (χ0n) is 9.08. The molecule has 0 saturated heterocycles. The highest BCUT2D eigenvalue weighted by Crippen LogP contribution is 2.40. The zero-order valence-corrected chi connectivity index (χ0v) is 9.08. The molecule has 1 aliphatic rings. The van der Waals surface area contributed by atoms with E-state index in [1.54, 1.807) is 13.0 Å². The first kappa shape index (κ1) is 12.6. The van der Waals surface area contributed by atoms with Gasteiger partial charge >= 0.3 is 0 Å². The molecule has 0 aromatic heterocycles. The van der Waals surface area contributed by atoms with Crippen LogP contribution < -0.4 is 0 Å². The Morgan fingerprint density at radius 3 is 2.44 bits per heavy atom. The van der Waals surface area contributed by atoms with Crippen LogP contribution in [0.4, 0.5) is 8.78 Å². The third kappa shape index (κ3) is 3.96. The fourth-order valence-electron chi connectivity index (χ4n) is 1.25. The van der Waals surface area contributed by atoms with Crippen LogP contribution in [0.2, 0.25) is 0 Å². The third-order valence-electron chi connectivity index (χ3n) is 2.23. The Morgan fingerprint density at radius 1 is 1.38 bits per heavy atom. The average Bonchev–Trinajstić information content (AvgIpc) is 3.08. The smallest absolute Gasteiger partial charge is 0.293 e. The minimum absolute atomic E-state index is 0.431. The lowest BCUT2D eigenvalue weighted by molar-refractivity contribution is -0.128. The molecular formula is C12H14F2O2. The Balaban J connectivity index is 0.000000221. The Kier molecular flexibility index (Phi) is 4.89. The fourth-order valence-corrected chi connectivity index (χ4v) is 1.25. The number of rotatable bonds is 3. The molecule has 1 fully saturated rings. The highest BCUT2D eigenvalue weighted by atomic mass is 19.2. The number of benzene rings is 1. The maximum Gasteiger partial charge on any atom is 0.293 e. The van der Waals surface area contributed by atoms with Crippen LogP contribution in [0.15, 0.2) is 18.2 Å². The summed E-state index contributed by atoms with van der Waals surface area (Å²) >= 11 is 0. The molecule has 4 heteroatoms. The number of halogens is 2. The molecule has 0 amide bonds. The van der Waals surface area contributed by atoms with Crippen LogP contribution >= 0.6 is 0 Å². The van der Waals surface area contributed by atoms with Crippen LogP contribution in [-0.2, 0) is 9.53 Å². The largest absolute Gasteiger partial charge is 0.468 e. The molecule has 0 aliphatic heterocycles.